The summed E-state index contributed by atoms with van der Waals surface area (Å²) in [7, 11) is -1.95. The third kappa shape index (κ3) is 5.64. The molecule has 34 heavy (non-hydrogen) atoms. The summed E-state index contributed by atoms with van der Waals surface area (Å²) in [4.78, 5) is 12.4. The first-order valence-corrected chi connectivity index (χ1v) is 12.3. The molecule has 2 aromatic carbocycles. The van der Waals surface area contributed by atoms with Crippen molar-refractivity contribution in [2.75, 3.05) is 33.4 Å². The number of nitrogens with zero attached hydrogens (tertiary/aromatic N) is 2. The molecule has 0 radical (unpaired) electrons. The van der Waals surface area contributed by atoms with Crippen LogP contribution in [0.5, 0.6) is 5.75 Å². The number of ether oxygens (including phenoxy) is 3. The standard InChI is InChI=1S/C24H26N2O7S/c1-30-23-5-3-2-4-21(23)22-16-19(33-25-22)17-32-24(27)11-8-18-6-9-20(10-7-18)34(28,29)26-12-14-31-15-13-26/h2-7,9-10,16H,8,11-15,17H2,1H3. The third-order valence-electron chi connectivity index (χ3n) is 5.47. The molecule has 3 aromatic rings. The first-order chi connectivity index (χ1) is 16.5. The van der Waals surface area contributed by atoms with Crippen molar-refractivity contribution in [2.45, 2.75) is 24.3 Å². The smallest absolute Gasteiger partial charge is 0.306 e. The van der Waals surface area contributed by atoms with Crippen molar-refractivity contribution in [1.82, 2.24) is 9.46 Å². The second kappa shape index (κ2) is 10.8. The van der Waals surface area contributed by atoms with Gasteiger partial charge in [0, 0.05) is 31.1 Å². The number of carbonyl (C=O) groups is 1. The molecule has 0 bridgehead atoms. The van der Waals surface area contributed by atoms with Crippen LogP contribution in [0.2, 0.25) is 0 Å². The molecule has 0 aliphatic carbocycles. The lowest BCUT2D eigenvalue weighted by molar-refractivity contribution is -0.145. The van der Waals surface area contributed by atoms with Gasteiger partial charge in [0.05, 0.1) is 25.2 Å². The summed E-state index contributed by atoms with van der Waals surface area (Å²) >= 11 is 0. The normalized spacial score (nSPS) is 14.6. The fourth-order valence-electron chi connectivity index (χ4n) is 3.60. The second-order valence-corrected chi connectivity index (χ2v) is 9.64. The van der Waals surface area contributed by atoms with Crippen LogP contribution >= 0.6 is 0 Å². The molecular formula is C24H26N2O7S. The molecule has 4 rings (SSSR count). The van der Waals surface area contributed by atoms with Gasteiger partial charge >= 0.3 is 5.97 Å². The summed E-state index contributed by atoms with van der Waals surface area (Å²) in [5, 5.41) is 4.02. The molecule has 0 unspecified atom stereocenters. The summed E-state index contributed by atoms with van der Waals surface area (Å²) in [5.74, 6) is 0.704. The lowest BCUT2D eigenvalue weighted by Gasteiger charge is -2.26. The van der Waals surface area contributed by atoms with E-state index in [9.17, 15) is 13.2 Å². The van der Waals surface area contributed by atoms with E-state index in [2.05, 4.69) is 5.16 Å². The molecule has 9 nitrogen and oxygen atoms in total. The molecule has 1 aliphatic heterocycles. The monoisotopic (exact) mass is 486 g/mol. The van der Waals surface area contributed by atoms with Crippen LogP contribution in [-0.2, 0) is 37.3 Å². The molecule has 0 saturated carbocycles. The first kappa shape index (κ1) is 23.9. The van der Waals surface area contributed by atoms with Crippen molar-refractivity contribution >= 4 is 16.0 Å². The Morgan fingerprint density at radius 3 is 2.56 bits per heavy atom. The first-order valence-electron chi connectivity index (χ1n) is 10.9. The average Bonchev–Trinajstić information content (AvgIpc) is 3.36. The molecule has 10 heteroatoms. The van der Waals surface area contributed by atoms with E-state index in [0.717, 1.165) is 11.1 Å². The maximum Gasteiger partial charge on any atom is 0.306 e. The number of benzene rings is 2. The van der Waals surface area contributed by atoms with E-state index in [4.69, 9.17) is 18.7 Å². The zero-order valence-electron chi connectivity index (χ0n) is 18.8. The largest absolute Gasteiger partial charge is 0.496 e. The van der Waals surface area contributed by atoms with Gasteiger partial charge in [-0.3, -0.25) is 4.79 Å². The van der Waals surface area contributed by atoms with Crippen molar-refractivity contribution in [1.29, 1.82) is 0 Å². The van der Waals surface area contributed by atoms with Crippen molar-refractivity contribution in [2.24, 2.45) is 0 Å². The molecule has 0 atom stereocenters. The number of methoxy groups -OCH3 is 1. The molecule has 1 aromatic heterocycles. The molecule has 1 aliphatic rings. The summed E-state index contributed by atoms with van der Waals surface area (Å²) < 4.78 is 47.9. The minimum atomic E-state index is -3.53. The van der Waals surface area contributed by atoms with Gasteiger partial charge in [0.1, 0.15) is 11.4 Å². The topological polar surface area (TPSA) is 108 Å². The molecule has 0 spiro atoms. The van der Waals surface area contributed by atoms with Crippen molar-refractivity contribution in [3.8, 4) is 17.0 Å². The predicted octanol–water partition coefficient (Wildman–Crippen LogP) is 3.05. The van der Waals surface area contributed by atoms with Crippen LogP contribution < -0.4 is 4.74 Å². The zero-order chi connectivity index (χ0) is 24.0. The van der Waals surface area contributed by atoms with Crippen molar-refractivity contribution in [3.63, 3.8) is 0 Å². The van der Waals surface area contributed by atoms with Gasteiger partial charge in [0.15, 0.2) is 12.4 Å². The van der Waals surface area contributed by atoms with E-state index in [1.165, 1.54) is 4.31 Å². The maximum atomic E-state index is 12.7. The van der Waals surface area contributed by atoms with E-state index >= 15 is 0 Å². The highest BCUT2D eigenvalue weighted by Gasteiger charge is 2.26. The number of hydrogen-bond donors (Lipinski definition) is 0. The molecule has 1 saturated heterocycles. The molecule has 180 valence electrons. The Balaban J connectivity index is 1.27. The maximum absolute atomic E-state index is 12.7. The van der Waals surface area contributed by atoms with Gasteiger partial charge in [-0.1, -0.05) is 29.4 Å². The Morgan fingerprint density at radius 1 is 1.09 bits per heavy atom. The second-order valence-electron chi connectivity index (χ2n) is 7.70. The van der Waals surface area contributed by atoms with Crippen LogP contribution in [-0.4, -0.2) is 57.3 Å². The summed E-state index contributed by atoms with van der Waals surface area (Å²) in [6.07, 6.45) is 0.586. The predicted molar refractivity (Wildman–Crippen MR) is 123 cm³/mol. The van der Waals surface area contributed by atoms with Crippen molar-refractivity contribution in [3.05, 3.63) is 65.9 Å². The fraction of sp³-hybridized carbons (Fsp3) is 0.333. The van der Waals surface area contributed by atoms with E-state index in [0.29, 0.717) is 49.9 Å². The molecule has 0 N–H and O–H groups in total. The number of rotatable bonds is 9. The number of morpholine rings is 1. The Labute approximate surface area is 198 Å². The number of sulfonamides is 1. The van der Waals surface area contributed by atoms with E-state index < -0.39 is 10.0 Å². The number of hydrogen-bond acceptors (Lipinski definition) is 8. The zero-order valence-corrected chi connectivity index (χ0v) is 19.6. The van der Waals surface area contributed by atoms with Crippen LogP contribution in [0, 0.1) is 0 Å². The fourth-order valence-corrected chi connectivity index (χ4v) is 5.01. The quantitative estimate of drug-likeness (QED) is 0.425. The van der Waals surface area contributed by atoms with Crippen LogP contribution in [0.25, 0.3) is 11.3 Å². The number of aryl methyl sites for hydroxylation is 1. The highest BCUT2D eigenvalue weighted by Crippen LogP contribution is 2.29. The van der Waals surface area contributed by atoms with Crippen LogP contribution in [0.1, 0.15) is 17.7 Å². The average molecular weight is 487 g/mol. The number of carbonyl (C=O) groups excluding carboxylic acids is 1. The third-order valence-corrected chi connectivity index (χ3v) is 7.38. The highest BCUT2D eigenvalue weighted by molar-refractivity contribution is 7.89. The van der Waals surface area contributed by atoms with Crippen LogP contribution in [0.3, 0.4) is 0 Å². The SMILES string of the molecule is COc1ccccc1-c1cc(COC(=O)CCc2ccc(S(=O)(=O)N3CCOCC3)cc2)on1. The Hall–Kier alpha value is -3.21. The minimum Gasteiger partial charge on any atom is -0.496 e. The Morgan fingerprint density at radius 2 is 1.82 bits per heavy atom. The molecule has 0 amide bonds. The van der Waals surface area contributed by atoms with E-state index in [-0.39, 0.29) is 23.9 Å². The minimum absolute atomic E-state index is 0.0300. The van der Waals surface area contributed by atoms with Crippen LogP contribution in [0.15, 0.2) is 64.0 Å². The van der Waals surface area contributed by atoms with Gasteiger partial charge in [-0.05, 0) is 36.2 Å². The molecular weight excluding hydrogens is 460 g/mol. The Bertz CT molecular complexity index is 1220. The summed E-state index contributed by atoms with van der Waals surface area (Å²) in [6, 6.07) is 15.7. The number of esters is 1. The van der Waals surface area contributed by atoms with Gasteiger partial charge in [0.2, 0.25) is 10.0 Å². The summed E-state index contributed by atoms with van der Waals surface area (Å²) in [5.41, 5.74) is 2.22. The van der Waals surface area contributed by atoms with Gasteiger partial charge in [0.25, 0.3) is 0 Å². The summed E-state index contributed by atoms with van der Waals surface area (Å²) in [6.45, 7) is 1.46. The van der Waals surface area contributed by atoms with E-state index in [1.807, 2.05) is 24.3 Å². The lowest BCUT2D eigenvalue weighted by Crippen LogP contribution is -2.40. The van der Waals surface area contributed by atoms with Gasteiger partial charge in [-0.15, -0.1) is 0 Å². The molecule has 2 heterocycles. The number of aromatic nitrogens is 1. The van der Waals surface area contributed by atoms with Crippen molar-refractivity contribution < 1.29 is 31.9 Å². The lowest BCUT2D eigenvalue weighted by atomic mass is 10.1. The van der Waals surface area contributed by atoms with Crippen LogP contribution in [0.4, 0.5) is 0 Å². The van der Waals surface area contributed by atoms with Gasteiger partial charge < -0.3 is 18.7 Å². The molecule has 1 fully saturated rings. The van der Waals surface area contributed by atoms with Gasteiger partial charge in [-0.2, -0.15) is 4.31 Å². The highest BCUT2D eigenvalue weighted by atomic mass is 32.2. The number of para-hydroxylation sites is 1. The van der Waals surface area contributed by atoms with Gasteiger partial charge in [-0.25, -0.2) is 8.42 Å². The Kier molecular flexibility index (Phi) is 7.61. The van der Waals surface area contributed by atoms with E-state index in [1.54, 1.807) is 37.4 Å².